The van der Waals surface area contributed by atoms with Crippen molar-refractivity contribution in [3.05, 3.63) is 18.2 Å². The number of rotatable bonds is 3. The Bertz CT molecular complexity index is 567. The third-order valence-corrected chi connectivity index (χ3v) is 3.78. The highest BCUT2D eigenvalue weighted by Crippen LogP contribution is 2.30. The quantitative estimate of drug-likeness (QED) is 0.883. The molecule has 1 atom stereocenters. The maximum Gasteiger partial charge on any atom is 0.262 e. The van der Waals surface area contributed by atoms with Gasteiger partial charge < -0.3 is 20.3 Å². The average molecular weight is 289 g/mol. The number of fused-ring (bicyclic) bond motifs is 1. The Morgan fingerprint density at radius 3 is 2.90 bits per heavy atom. The Kier molecular flexibility index (Phi) is 3.68. The largest absolute Gasteiger partial charge is 0.482 e. The molecule has 2 aliphatic rings. The van der Waals surface area contributed by atoms with Crippen LogP contribution < -0.4 is 15.4 Å². The first-order valence-electron chi connectivity index (χ1n) is 7.25. The molecule has 0 bridgehead atoms. The third kappa shape index (κ3) is 2.94. The van der Waals surface area contributed by atoms with Gasteiger partial charge in [-0.25, -0.2) is 0 Å². The van der Waals surface area contributed by atoms with Crippen molar-refractivity contribution in [1.82, 2.24) is 4.90 Å². The molecule has 1 aromatic carbocycles. The normalized spacial score (nSPS) is 18.5. The fourth-order valence-electron chi connectivity index (χ4n) is 2.70. The van der Waals surface area contributed by atoms with Gasteiger partial charge in [0, 0.05) is 18.8 Å². The minimum absolute atomic E-state index is 0.0453. The lowest BCUT2D eigenvalue weighted by atomic mass is 10.2. The van der Waals surface area contributed by atoms with E-state index in [1.54, 1.807) is 12.1 Å². The zero-order valence-corrected chi connectivity index (χ0v) is 12.0. The number of carbonyl (C=O) groups is 2. The third-order valence-electron chi connectivity index (χ3n) is 3.78. The molecule has 6 heteroatoms. The van der Waals surface area contributed by atoms with E-state index in [0.717, 1.165) is 31.6 Å². The van der Waals surface area contributed by atoms with Gasteiger partial charge in [0.1, 0.15) is 11.8 Å². The number of ether oxygens (including phenoxy) is 1. The summed E-state index contributed by atoms with van der Waals surface area (Å²) in [5.74, 6) is 0.602. The Labute approximate surface area is 123 Å². The Balaban J connectivity index is 1.68. The van der Waals surface area contributed by atoms with E-state index < -0.39 is 0 Å². The minimum Gasteiger partial charge on any atom is -0.482 e. The van der Waals surface area contributed by atoms with Gasteiger partial charge in [0.25, 0.3) is 5.91 Å². The summed E-state index contributed by atoms with van der Waals surface area (Å²) in [4.78, 5) is 25.5. The summed E-state index contributed by atoms with van der Waals surface area (Å²) in [6.45, 7) is 3.59. The van der Waals surface area contributed by atoms with Crippen LogP contribution in [0.1, 0.15) is 19.8 Å². The maximum absolute atomic E-state index is 12.3. The molecule has 2 N–H and O–H groups in total. The molecule has 0 unspecified atom stereocenters. The van der Waals surface area contributed by atoms with Crippen LogP contribution >= 0.6 is 0 Å². The number of anilines is 2. The molecule has 21 heavy (non-hydrogen) atoms. The number of nitrogens with one attached hydrogen (secondary N) is 2. The molecule has 112 valence electrons. The van der Waals surface area contributed by atoms with E-state index in [4.69, 9.17) is 4.74 Å². The standard InChI is InChI=1S/C15H19N3O3/c1-10(15(20)18-6-2-3-7-18)16-11-4-5-13-12(8-11)17-14(19)9-21-13/h4-5,8,10,16H,2-3,6-7,9H2,1H3,(H,17,19)/t10-/m1/s1. The van der Waals surface area contributed by atoms with Crippen molar-refractivity contribution < 1.29 is 14.3 Å². The second-order valence-corrected chi connectivity index (χ2v) is 5.45. The number of hydrogen-bond acceptors (Lipinski definition) is 4. The zero-order chi connectivity index (χ0) is 14.8. The molecule has 2 aliphatic heterocycles. The number of nitrogens with zero attached hydrogens (tertiary/aromatic N) is 1. The van der Waals surface area contributed by atoms with Crippen molar-refractivity contribution in [2.75, 3.05) is 30.3 Å². The average Bonchev–Trinajstić information content (AvgIpc) is 3.00. The zero-order valence-electron chi connectivity index (χ0n) is 12.0. The first-order valence-corrected chi connectivity index (χ1v) is 7.25. The molecule has 6 nitrogen and oxygen atoms in total. The summed E-state index contributed by atoms with van der Waals surface area (Å²) in [6.07, 6.45) is 2.17. The van der Waals surface area contributed by atoms with Gasteiger partial charge >= 0.3 is 0 Å². The number of hydrogen-bond donors (Lipinski definition) is 2. The smallest absolute Gasteiger partial charge is 0.262 e. The number of likely N-dealkylation sites (tertiary alicyclic amines) is 1. The van der Waals surface area contributed by atoms with Crippen molar-refractivity contribution in [2.24, 2.45) is 0 Å². The molecule has 0 aliphatic carbocycles. The molecule has 1 fully saturated rings. The topological polar surface area (TPSA) is 70.7 Å². The number of amides is 2. The van der Waals surface area contributed by atoms with Gasteiger partial charge in [-0.2, -0.15) is 0 Å². The van der Waals surface area contributed by atoms with Crippen molar-refractivity contribution >= 4 is 23.2 Å². The lowest BCUT2D eigenvalue weighted by Gasteiger charge is -2.23. The summed E-state index contributed by atoms with van der Waals surface area (Å²) in [7, 11) is 0. The summed E-state index contributed by atoms with van der Waals surface area (Å²) >= 11 is 0. The first kappa shape index (κ1) is 13.7. The van der Waals surface area contributed by atoms with E-state index in [2.05, 4.69) is 10.6 Å². The monoisotopic (exact) mass is 289 g/mol. The van der Waals surface area contributed by atoms with Gasteiger partial charge in [-0.1, -0.05) is 0 Å². The highest BCUT2D eigenvalue weighted by atomic mass is 16.5. The summed E-state index contributed by atoms with van der Waals surface area (Å²) in [5.41, 5.74) is 1.43. The lowest BCUT2D eigenvalue weighted by molar-refractivity contribution is -0.130. The predicted octanol–water partition coefficient (Wildman–Crippen LogP) is 1.44. The van der Waals surface area contributed by atoms with Gasteiger partial charge in [0.2, 0.25) is 5.91 Å². The number of carbonyl (C=O) groups excluding carboxylic acids is 2. The van der Waals surface area contributed by atoms with Crippen LogP contribution in [-0.4, -0.2) is 42.5 Å². The fraction of sp³-hybridized carbons (Fsp3) is 0.467. The molecule has 2 amide bonds. The summed E-state index contributed by atoms with van der Waals surface area (Å²) in [6, 6.07) is 5.15. The molecule has 0 radical (unpaired) electrons. The minimum atomic E-state index is -0.290. The van der Waals surface area contributed by atoms with Crippen molar-refractivity contribution in [3.8, 4) is 5.75 Å². The van der Waals surface area contributed by atoms with E-state index in [9.17, 15) is 9.59 Å². The molecular weight excluding hydrogens is 270 g/mol. The summed E-state index contributed by atoms with van der Waals surface area (Å²) in [5, 5.41) is 5.94. The molecule has 0 saturated carbocycles. The van der Waals surface area contributed by atoms with Crippen LogP contribution in [0, 0.1) is 0 Å². The van der Waals surface area contributed by atoms with Crippen LogP contribution in [0.15, 0.2) is 18.2 Å². The van der Waals surface area contributed by atoms with Crippen LogP contribution in [-0.2, 0) is 9.59 Å². The molecule has 0 spiro atoms. The van der Waals surface area contributed by atoms with Gasteiger partial charge in [-0.3, -0.25) is 9.59 Å². The van der Waals surface area contributed by atoms with Gasteiger partial charge in [0.05, 0.1) is 5.69 Å². The van der Waals surface area contributed by atoms with E-state index in [0.29, 0.717) is 11.4 Å². The van der Waals surface area contributed by atoms with E-state index >= 15 is 0 Å². The Hall–Kier alpha value is -2.24. The lowest BCUT2D eigenvalue weighted by Crippen LogP contribution is -2.39. The van der Waals surface area contributed by atoms with Crippen LogP contribution in [0.2, 0.25) is 0 Å². The molecule has 1 aromatic rings. The van der Waals surface area contributed by atoms with E-state index in [1.165, 1.54) is 0 Å². The fourth-order valence-corrected chi connectivity index (χ4v) is 2.70. The van der Waals surface area contributed by atoms with Crippen molar-refractivity contribution in [3.63, 3.8) is 0 Å². The predicted molar refractivity (Wildman–Crippen MR) is 79.5 cm³/mol. The second kappa shape index (κ2) is 5.63. The van der Waals surface area contributed by atoms with Crippen LogP contribution in [0.5, 0.6) is 5.75 Å². The van der Waals surface area contributed by atoms with Crippen molar-refractivity contribution in [2.45, 2.75) is 25.8 Å². The highest BCUT2D eigenvalue weighted by molar-refractivity contribution is 5.96. The van der Waals surface area contributed by atoms with Gasteiger partial charge in [-0.05, 0) is 38.0 Å². The molecule has 1 saturated heterocycles. The highest BCUT2D eigenvalue weighted by Gasteiger charge is 2.23. The van der Waals surface area contributed by atoms with Crippen LogP contribution in [0.3, 0.4) is 0 Å². The second-order valence-electron chi connectivity index (χ2n) is 5.45. The van der Waals surface area contributed by atoms with Gasteiger partial charge in [0.15, 0.2) is 6.61 Å². The maximum atomic E-state index is 12.3. The number of benzene rings is 1. The van der Waals surface area contributed by atoms with Crippen LogP contribution in [0.4, 0.5) is 11.4 Å². The van der Waals surface area contributed by atoms with Crippen LogP contribution in [0.25, 0.3) is 0 Å². The van der Waals surface area contributed by atoms with Gasteiger partial charge in [-0.15, -0.1) is 0 Å². The molecule has 2 heterocycles. The summed E-state index contributed by atoms with van der Waals surface area (Å²) < 4.78 is 5.31. The molecule has 0 aromatic heterocycles. The van der Waals surface area contributed by atoms with Crippen molar-refractivity contribution in [1.29, 1.82) is 0 Å². The molecular formula is C15H19N3O3. The Morgan fingerprint density at radius 2 is 2.14 bits per heavy atom. The molecule has 3 rings (SSSR count). The first-order chi connectivity index (χ1) is 10.1. The SMILES string of the molecule is C[C@@H](Nc1ccc2c(c1)NC(=O)CO2)C(=O)N1CCCC1. The van der Waals surface area contributed by atoms with E-state index in [1.807, 2.05) is 17.9 Å². The van der Waals surface area contributed by atoms with E-state index in [-0.39, 0.29) is 24.5 Å². The Morgan fingerprint density at radius 1 is 1.38 bits per heavy atom.